The predicted molar refractivity (Wildman–Crippen MR) is 146 cm³/mol. The monoisotopic (exact) mass is 532 g/mol. The maximum Gasteiger partial charge on any atom is 0.164 e. The third-order valence-electron chi connectivity index (χ3n) is 7.21. The van der Waals surface area contributed by atoms with Gasteiger partial charge in [0.1, 0.15) is 17.4 Å². The van der Waals surface area contributed by atoms with Crippen molar-refractivity contribution in [2.75, 3.05) is 7.11 Å². The quantitative estimate of drug-likeness (QED) is 0.254. The molecule has 1 aliphatic rings. The summed E-state index contributed by atoms with van der Waals surface area (Å²) < 4.78 is 7.96. The maximum absolute atomic E-state index is 6.24. The zero-order chi connectivity index (χ0) is 25.7. The number of imidazole rings is 1. The molecule has 0 amide bonds. The summed E-state index contributed by atoms with van der Waals surface area (Å²) >= 11 is 12.3. The number of ether oxygens (including phenoxy) is 1. The van der Waals surface area contributed by atoms with Crippen molar-refractivity contribution in [1.82, 2.24) is 29.7 Å². The van der Waals surface area contributed by atoms with E-state index in [0.717, 1.165) is 76.4 Å². The summed E-state index contributed by atoms with van der Waals surface area (Å²) in [5.41, 5.74) is 5.49. The van der Waals surface area contributed by atoms with E-state index in [2.05, 4.69) is 55.9 Å². The average Bonchev–Trinajstić information content (AvgIpc) is 3.66. The van der Waals surface area contributed by atoms with Crippen LogP contribution in [0.1, 0.15) is 37.1 Å². The number of nitrogens with one attached hydrogen (secondary N) is 2. The highest BCUT2D eigenvalue weighted by Gasteiger charge is 2.40. The number of H-pyrrole nitrogens is 2. The molecule has 2 aromatic carbocycles. The second-order valence-corrected chi connectivity index (χ2v) is 10.5. The topological polar surface area (TPSA) is 84.4 Å². The van der Waals surface area contributed by atoms with Gasteiger partial charge in [-0.2, -0.15) is 0 Å². The van der Waals surface area contributed by atoms with Gasteiger partial charge in [0.2, 0.25) is 0 Å². The first kappa shape index (κ1) is 23.8. The molecule has 6 rings (SSSR count). The van der Waals surface area contributed by atoms with E-state index in [-0.39, 0.29) is 0 Å². The van der Waals surface area contributed by atoms with E-state index in [1.54, 1.807) is 13.2 Å². The minimum Gasteiger partial charge on any atom is -0.496 e. The van der Waals surface area contributed by atoms with Gasteiger partial charge >= 0.3 is 0 Å². The van der Waals surface area contributed by atoms with E-state index in [1.165, 1.54) is 0 Å². The molecular weight excluding hydrogens is 507 g/mol. The van der Waals surface area contributed by atoms with Crippen molar-refractivity contribution in [3.63, 3.8) is 0 Å². The van der Waals surface area contributed by atoms with Gasteiger partial charge in [0.05, 0.1) is 34.5 Å². The number of aromatic nitrogens is 6. The fourth-order valence-corrected chi connectivity index (χ4v) is 5.49. The van der Waals surface area contributed by atoms with Crippen LogP contribution in [0.5, 0.6) is 5.75 Å². The molecule has 0 saturated heterocycles. The van der Waals surface area contributed by atoms with E-state index in [9.17, 15) is 0 Å². The zero-order valence-electron chi connectivity index (χ0n) is 20.8. The van der Waals surface area contributed by atoms with Crippen LogP contribution in [0.15, 0.2) is 54.7 Å². The molecule has 37 heavy (non-hydrogen) atoms. The van der Waals surface area contributed by atoms with Gasteiger partial charge in [-0.25, -0.2) is 4.98 Å². The number of rotatable bonds is 5. The average molecular weight is 533 g/mol. The van der Waals surface area contributed by atoms with Crippen LogP contribution < -0.4 is 4.74 Å². The second-order valence-electron chi connectivity index (χ2n) is 9.68. The summed E-state index contributed by atoms with van der Waals surface area (Å²) in [6.07, 6.45) is 3.73. The number of aryl methyl sites for hydroxylation is 1. The minimum absolute atomic E-state index is 0.413. The molecule has 0 fully saturated rings. The Kier molecular flexibility index (Phi) is 5.85. The lowest BCUT2D eigenvalue weighted by molar-refractivity contribution is 0.364. The Morgan fingerprint density at radius 1 is 0.946 bits per heavy atom. The van der Waals surface area contributed by atoms with E-state index >= 15 is 0 Å². The Hall–Kier alpha value is -3.55. The van der Waals surface area contributed by atoms with Crippen LogP contribution in [-0.4, -0.2) is 36.8 Å². The van der Waals surface area contributed by atoms with Gasteiger partial charge in [-0.15, -0.1) is 10.2 Å². The molecule has 0 bridgehead atoms. The van der Waals surface area contributed by atoms with Crippen LogP contribution in [-0.2, 0) is 12.0 Å². The van der Waals surface area contributed by atoms with Crippen molar-refractivity contribution in [2.45, 2.75) is 38.6 Å². The molecule has 0 aliphatic carbocycles. The number of benzene rings is 2. The normalized spacial score (nSPS) is 17.1. The molecule has 2 N–H and O–H groups in total. The highest BCUT2D eigenvalue weighted by atomic mass is 35.5. The molecular formula is C28H26Cl2N6O. The van der Waals surface area contributed by atoms with Gasteiger partial charge in [0.25, 0.3) is 0 Å². The van der Waals surface area contributed by atoms with E-state index < -0.39 is 5.41 Å². The Labute approximate surface area is 224 Å². The molecule has 0 saturated carbocycles. The van der Waals surface area contributed by atoms with Crippen molar-refractivity contribution < 1.29 is 4.74 Å². The number of hydrogen-bond acceptors (Lipinski definition) is 4. The largest absolute Gasteiger partial charge is 0.496 e. The maximum atomic E-state index is 6.24. The molecule has 1 aliphatic heterocycles. The van der Waals surface area contributed by atoms with Gasteiger partial charge in [-0.1, -0.05) is 35.3 Å². The summed E-state index contributed by atoms with van der Waals surface area (Å²) in [6.45, 7) is 5.05. The SMILES string of the molecule is COc1cc(-c2nnc3n2CCCC3(C)c2ncc(-c3ccc(Cl)c(Cl)c3)[nH]2)ccc1-c1ccc(C)[nH]1. The van der Waals surface area contributed by atoms with Crippen LogP contribution >= 0.6 is 23.2 Å². The summed E-state index contributed by atoms with van der Waals surface area (Å²) in [7, 11) is 1.69. The van der Waals surface area contributed by atoms with Crippen molar-refractivity contribution in [3.05, 3.63) is 82.1 Å². The van der Waals surface area contributed by atoms with Crippen molar-refractivity contribution in [1.29, 1.82) is 0 Å². The van der Waals surface area contributed by atoms with Crippen molar-refractivity contribution in [2.24, 2.45) is 0 Å². The number of hydrogen-bond donors (Lipinski definition) is 2. The first-order valence-corrected chi connectivity index (χ1v) is 12.9. The van der Waals surface area contributed by atoms with Crippen LogP contribution in [0, 0.1) is 6.92 Å². The molecule has 188 valence electrons. The fraction of sp³-hybridized carbons (Fsp3) is 0.250. The molecule has 1 unspecified atom stereocenters. The summed E-state index contributed by atoms with van der Waals surface area (Å²) in [5, 5.41) is 10.3. The van der Waals surface area contributed by atoms with Crippen molar-refractivity contribution in [3.8, 4) is 39.7 Å². The molecule has 0 radical (unpaired) electrons. The highest BCUT2D eigenvalue weighted by molar-refractivity contribution is 6.42. The zero-order valence-corrected chi connectivity index (χ0v) is 22.3. The minimum atomic E-state index is -0.413. The third-order valence-corrected chi connectivity index (χ3v) is 7.95. The summed E-state index contributed by atoms with van der Waals surface area (Å²) in [6, 6.07) is 15.9. The van der Waals surface area contributed by atoms with E-state index in [0.29, 0.717) is 10.0 Å². The summed E-state index contributed by atoms with van der Waals surface area (Å²) in [5.74, 6) is 3.35. The van der Waals surface area contributed by atoms with Gasteiger partial charge < -0.3 is 19.3 Å². The number of nitrogens with zero attached hydrogens (tertiary/aromatic N) is 4. The molecule has 7 nitrogen and oxygen atoms in total. The Balaban J connectivity index is 1.37. The van der Waals surface area contributed by atoms with E-state index in [1.807, 2.05) is 31.3 Å². The molecule has 9 heteroatoms. The predicted octanol–water partition coefficient (Wildman–Crippen LogP) is 7.05. The molecule has 1 atom stereocenters. The van der Waals surface area contributed by atoms with E-state index in [4.69, 9.17) is 32.9 Å². The lowest BCUT2D eigenvalue weighted by Crippen LogP contribution is -2.34. The van der Waals surface area contributed by atoms with Crippen LogP contribution in [0.3, 0.4) is 0 Å². The van der Waals surface area contributed by atoms with Crippen LogP contribution in [0.2, 0.25) is 10.0 Å². The Morgan fingerprint density at radius 3 is 2.54 bits per heavy atom. The van der Waals surface area contributed by atoms with Gasteiger partial charge in [0.15, 0.2) is 5.82 Å². The fourth-order valence-electron chi connectivity index (χ4n) is 5.19. The van der Waals surface area contributed by atoms with Crippen molar-refractivity contribution >= 4 is 23.2 Å². The third kappa shape index (κ3) is 4.03. The first-order chi connectivity index (χ1) is 17.9. The molecule has 3 aromatic heterocycles. The number of fused-ring (bicyclic) bond motifs is 1. The standard InChI is InChI=1S/C28H26Cl2N6O/c1-16-5-10-22(32-16)19-8-6-18(14-24(19)37-3)25-34-35-27-28(2,11-4-12-36(25)27)26-31-15-23(33-26)17-7-9-20(29)21(30)13-17/h5-10,13-15,32H,4,11-12H2,1-3H3,(H,31,33). The lowest BCUT2D eigenvalue weighted by atomic mass is 9.81. The second kappa shape index (κ2) is 9.08. The Morgan fingerprint density at radius 2 is 1.78 bits per heavy atom. The lowest BCUT2D eigenvalue weighted by Gasteiger charge is -2.32. The molecule has 0 spiro atoms. The summed E-state index contributed by atoms with van der Waals surface area (Å²) in [4.78, 5) is 11.6. The number of halogens is 2. The van der Waals surface area contributed by atoms with Gasteiger partial charge in [-0.3, -0.25) is 0 Å². The number of aromatic amines is 2. The molecule has 4 heterocycles. The smallest absolute Gasteiger partial charge is 0.164 e. The molecule has 5 aromatic rings. The first-order valence-electron chi connectivity index (χ1n) is 12.2. The van der Waals surface area contributed by atoms with Crippen LogP contribution in [0.25, 0.3) is 33.9 Å². The highest BCUT2D eigenvalue weighted by Crippen LogP contribution is 2.41. The number of methoxy groups -OCH3 is 1. The van der Waals surface area contributed by atoms with Gasteiger partial charge in [0, 0.05) is 34.6 Å². The Bertz CT molecular complexity index is 1620. The van der Waals surface area contributed by atoms with Gasteiger partial charge in [-0.05, 0) is 63.1 Å². The van der Waals surface area contributed by atoms with Crippen LogP contribution in [0.4, 0.5) is 0 Å².